The zero-order valence-corrected chi connectivity index (χ0v) is 13.3. The second-order valence-electron chi connectivity index (χ2n) is 5.05. The SMILES string of the molecule is CCCNC1COCC1c1nc(-c2cncc(Br)c2)no1. The van der Waals surface area contributed by atoms with Crippen LogP contribution in [0.25, 0.3) is 11.4 Å². The molecule has 0 saturated carbocycles. The van der Waals surface area contributed by atoms with Crippen LogP contribution in [-0.4, -0.2) is 40.9 Å². The number of hydrogen-bond donors (Lipinski definition) is 1. The third-order valence-corrected chi connectivity index (χ3v) is 3.89. The van der Waals surface area contributed by atoms with E-state index in [2.05, 4.69) is 43.3 Å². The van der Waals surface area contributed by atoms with E-state index in [1.807, 2.05) is 6.07 Å². The Kier molecular flexibility index (Phi) is 4.62. The Balaban J connectivity index is 1.78. The van der Waals surface area contributed by atoms with E-state index in [0.29, 0.717) is 24.9 Å². The summed E-state index contributed by atoms with van der Waals surface area (Å²) in [5, 5.41) is 7.52. The minimum atomic E-state index is 0.109. The van der Waals surface area contributed by atoms with Gasteiger partial charge < -0.3 is 14.6 Å². The van der Waals surface area contributed by atoms with Gasteiger partial charge in [0, 0.05) is 28.5 Å². The lowest BCUT2D eigenvalue weighted by Crippen LogP contribution is -2.34. The van der Waals surface area contributed by atoms with Gasteiger partial charge in [-0.1, -0.05) is 12.1 Å². The van der Waals surface area contributed by atoms with Crippen molar-refractivity contribution in [2.24, 2.45) is 0 Å². The molecule has 1 fully saturated rings. The molecule has 0 amide bonds. The molecular formula is C14H17BrN4O2. The number of rotatable bonds is 5. The molecule has 1 saturated heterocycles. The summed E-state index contributed by atoms with van der Waals surface area (Å²) in [6.07, 6.45) is 4.53. The van der Waals surface area contributed by atoms with Crippen molar-refractivity contribution >= 4 is 15.9 Å². The highest BCUT2D eigenvalue weighted by Gasteiger charge is 2.33. The smallest absolute Gasteiger partial charge is 0.234 e. The van der Waals surface area contributed by atoms with E-state index < -0.39 is 0 Å². The second-order valence-corrected chi connectivity index (χ2v) is 5.97. The number of pyridine rings is 1. The molecule has 2 aromatic rings. The fraction of sp³-hybridized carbons (Fsp3) is 0.500. The van der Waals surface area contributed by atoms with E-state index in [1.54, 1.807) is 12.4 Å². The van der Waals surface area contributed by atoms with Crippen molar-refractivity contribution in [1.29, 1.82) is 0 Å². The van der Waals surface area contributed by atoms with E-state index in [1.165, 1.54) is 0 Å². The summed E-state index contributed by atoms with van der Waals surface area (Å²) in [4.78, 5) is 8.62. The van der Waals surface area contributed by atoms with Crippen LogP contribution in [0.5, 0.6) is 0 Å². The normalized spacial score (nSPS) is 21.8. The number of nitrogens with one attached hydrogen (secondary N) is 1. The molecule has 0 bridgehead atoms. The minimum Gasteiger partial charge on any atom is -0.379 e. The molecule has 6 nitrogen and oxygen atoms in total. The molecule has 1 aliphatic rings. The minimum absolute atomic E-state index is 0.109. The maximum atomic E-state index is 5.55. The Morgan fingerprint density at radius 2 is 2.29 bits per heavy atom. The molecule has 3 heterocycles. The van der Waals surface area contributed by atoms with E-state index in [-0.39, 0.29) is 12.0 Å². The van der Waals surface area contributed by atoms with Crippen LogP contribution in [0.15, 0.2) is 27.5 Å². The first-order valence-electron chi connectivity index (χ1n) is 7.03. The summed E-state index contributed by atoms with van der Waals surface area (Å²) < 4.78 is 11.9. The molecule has 7 heteroatoms. The Morgan fingerprint density at radius 3 is 3.10 bits per heavy atom. The van der Waals surface area contributed by atoms with Crippen molar-refractivity contribution in [2.75, 3.05) is 19.8 Å². The van der Waals surface area contributed by atoms with Crippen molar-refractivity contribution in [3.8, 4) is 11.4 Å². The first-order chi connectivity index (χ1) is 10.3. The van der Waals surface area contributed by atoms with Crippen molar-refractivity contribution < 1.29 is 9.26 Å². The highest BCUT2D eigenvalue weighted by molar-refractivity contribution is 9.10. The van der Waals surface area contributed by atoms with Gasteiger partial charge in [0.2, 0.25) is 11.7 Å². The van der Waals surface area contributed by atoms with E-state index in [9.17, 15) is 0 Å². The first kappa shape index (κ1) is 14.6. The van der Waals surface area contributed by atoms with Crippen molar-refractivity contribution in [2.45, 2.75) is 25.3 Å². The average molecular weight is 353 g/mol. The Bertz CT molecular complexity index is 604. The van der Waals surface area contributed by atoms with Crippen LogP contribution in [0.2, 0.25) is 0 Å². The van der Waals surface area contributed by atoms with Gasteiger partial charge in [-0.15, -0.1) is 0 Å². The molecule has 21 heavy (non-hydrogen) atoms. The third-order valence-electron chi connectivity index (χ3n) is 3.46. The highest BCUT2D eigenvalue weighted by atomic mass is 79.9. The highest BCUT2D eigenvalue weighted by Crippen LogP contribution is 2.27. The molecule has 1 aliphatic heterocycles. The first-order valence-corrected chi connectivity index (χ1v) is 7.83. The summed E-state index contributed by atoms with van der Waals surface area (Å²) >= 11 is 3.39. The largest absolute Gasteiger partial charge is 0.379 e. The number of halogens is 1. The van der Waals surface area contributed by atoms with Crippen molar-refractivity contribution in [3.63, 3.8) is 0 Å². The van der Waals surface area contributed by atoms with Crippen LogP contribution in [0, 0.1) is 0 Å². The number of aromatic nitrogens is 3. The third kappa shape index (κ3) is 3.30. The van der Waals surface area contributed by atoms with Gasteiger partial charge in [-0.2, -0.15) is 4.98 Å². The number of ether oxygens (including phenoxy) is 1. The lowest BCUT2D eigenvalue weighted by Gasteiger charge is -2.14. The second kappa shape index (κ2) is 6.64. The van der Waals surface area contributed by atoms with Crippen LogP contribution < -0.4 is 5.32 Å². The van der Waals surface area contributed by atoms with Crippen LogP contribution >= 0.6 is 15.9 Å². The lowest BCUT2D eigenvalue weighted by atomic mass is 10.0. The molecule has 2 unspecified atom stereocenters. The summed E-state index contributed by atoms with van der Waals surface area (Å²) in [5.74, 6) is 1.29. The molecule has 0 spiro atoms. The zero-order chi connectivity index (χ0) is 14.7. The molecule has 112 valence electrons. The van der Waals surface area contributed by atoms with Crippen LogP contribution in [0.4, 0.5) is 0 Å². The van der Waals surface area contributed by atoms with E-state index >= 15 is 0 Å². The fourth-order valence-electron chi connectivity index (χ4n) is 2.37. The lowest BCUT2D eigenvalue weighted by molar-refractivity contribution is 0.184. The van der Waals surface area contributed by atoms with Gasteiger partial charge in [0.1, 0.15) is 0 Å². The Labute approximate surface area is 131 Å². The van der Waals surface area contributed by atoms with E-state index in [0.717, 1.165) is 23.0 Å². The molecule has 2 atom stereocenters. The average Bonchev–Trinajstić information content (AvgIpc) is 3.13. The monoisotopic (exact) mass is 352 g/mol. The molecule has 3 rings (SSSR count). The molecule has 1 N–H and O–H groups in total. The number of hydrogen-bond acceptors (Lipinski definition) is 6. The molecule has 2 aromatic heterocycles. The fourth-order valence-corrected chi connectivity index (χ4v) is 2.73. The number of nitrogens with zero attached hydrogens (tertiary/aromatic N) is 3. The standard InChI is InChI=1S/C14H17BrN4O2/c1-2-3-17-12-8-20-7-11(12)14-18-13(19-21-14)9-4-10(15)6-16-5-9/h4-6,11-12,17H,2-3,7-8H2,1H3. The Hall–Kier alpha value is -1.31. The Morgan fingerprint density at radius 1 is 1.38 bits per heavy atom. The summed E-state index contributed by atoms with van der Waals surface area (Å²) in [6, 6.07) is 2.15. The van der Waals surface area contributed by atoms with E-state index in [4.69, 9.17) is 9.26 Å². The molecular weight excluding hydrogens is 336 g/mol. The summed E-state index contributed by atoms with van der Waals surface area (Å²) in [7, 11) is 0. The van der Waals surface area contributed by atoms with Gasteiger partial charge in [0.15, 0.2) is 0 Å². The van der Waals surface area contributed by atoms with Crippen LogP contribution in [0.3, 0.4) is 0 Å². The van der Waals surface area contributed by atoms with Crippen LogP contribution in [-0.2, 0) is 4.74 Å². The van der Waals surface area contributed by atoms with Gasteiger partial charge in [0.25, 0.3) is 0 Å². The van der Waals surface area contributed by atoms with Gasteiger partial charge in [0.05, 0.1) is 19.1 Å². The summed E-state index contributed by atoms with van der Waals surface area (Å²) in [5.41, 5.74) is 0.830. The van der Waals surface area contributed by atoms with Crippen molar-refractivity contribution in [1.82, 2.24) is 20.4 Å². The topological polar surface area (TPSA) is 73.1 Å². The maximum absolute atomic E-state index is 5.55. The summed E-state index contributed by atoms with van der Waals surface area (Å²) in [6.45, 7) is 4.39. The van der Waals surface area contributed by atoms with Gasteiger partial charge in [-0.3, -0.25) is 4.98 Å². The van der Waals surface area contributed by atoms with Gasteiger partial charge in [-0.25, -0.2) is 0 Å². The maximum Gasteiger partial charge on any atom is 0.234 e. The molecule has 0 aliphatic carbocycles. The van der Waals surface area contributed by atoms with Gasteiger partial charge >= 0.3 is 0 Å². The van der Waals surface area contributed by atoms with Crippen LogP contribution in [0.1, 0.15) is 25.2 Å². The van der Waals surface area contributed by atoms with Gasteiger partial charge in [-0.05, 0) is 35.0 Å². The quantitative estimate of drug-likeness (QED) is 0.890. The molecule has 0 aromatic carbocycles. The zero-order valence-electron chi connectivity index (χ0n) is 11.8. The predicted octanol–water partition coefficient (Wildman–Crippen LogP) is 2.38. The molecule has 0 radical (unpaired) electrons. The van der Waals surface area contributed by atoms with Crippen molar-refractivity contribution in [3.05, 3.63) is 28.8 Å². The predicted molar refractivity (Wildman–Crippen MR) is 80.9 cm³/mol.